The number of methoxy groups -OCH3 is 1. The summed E-state index contributed by atoms with van der Waals surface area (Å²) in [6.45, 7) is 5.50. The van der Waals surface area contributed by atoms with Crippen LogP contribution in [-0.4, -0.2) is 26.3 Å². The van der Waals surface area contributed by atoms with E-state index in [1.807, 2.05) is 12.1 Å². The zero-order valence-corrected chi connectivity index (χ0v) is 14.5. The molecule has 128 valence electrons. The van der Waals surface area contributed by atoms with Crippen LogP contribution in [0.5, 0.6) is 11.5 Å². The summed E-state index contributed by atoms with van der Waals surface area (Å²) in [5.74, 6) is 1.78. The summed E-state index contributed by atoms with van der Waals surface area (Å²) in [6, 6.07) is 15.1. The number of carbonyl (C=O) groups is 1. The Balaban J connectivity index is 1.68. The van der Waals surface area contributed by atoms with Gasteiger partial charge in [-0.15, -0.1) is 0 Å². The molecule has 0 radical (unpaired) electrons. The molecule has 0 unspecified atom stereocenters. The van der Waals surface area contributed by atoms with Gasteiger partial charge in [0.1, 0.15) is 11.5 Å². The summed E-state index contributed by atoms with van der Waals surface area (Å²) >= 11 is 0. The topological polar surface area (TPSA) is 44.8 Å². The number of benzene rings is 2. The quantitative estimate of drug-likeness (QED) is 0.531. The SMILES string of the molecule is COC(=O)c1ccc(OCCCOc2ccc(C(C)C)cc2)cc1. The lowest BCUT2D eigenvalue weighted by Crippen LogP contribution is -2.05. The van der Waals surface area contributed by atoms with Crippen LogP contribution in [0.2, 0.25) is 0 Å². The summed E-state index contributed by atoms with van der Waals surface area (Å²) in [4.78, 5) is 11.3. The number of esters is 1. The van der Waals surface area contributed by atoms with Crippen LogP contribution in [0, 0.1) is 0 Å². The molecule has 0 amide bonds. The average Bonchev–Trinajstić information content (AvgIpc) is 2.61. The lowest BCUT2D eigenvalue weighted by atomic mass is 10.0. The maximum atomic E-state index is 11.3. The smallest absolute Gasteiger partial charge is 0.337 e. The van der Waals surface area contributed by atoms with Gasteiger partial charge in [-0.05, 0) is 47.9 Å². The largest absolute Gasteiger partial charge is 0.493 e. The van der Waals surface area contributed by atoms with Gasteiger partial charge in [-0.2, -0.15) is 0 Å². The monoisotopic (exact) mass is 328 g/mol. The van der Waals surface area contributed by atoms with Gasteiger partial charge in [-0.3, -0.25) is 0 Å². The predicted octanol–water partition coefficient (Wildman–Crippen LogP) is 4.44. The number of ether oxygens (including phenoxy) is 3. The number of hydrogen-bond acceptors (Lipinski definition) is 4. The zero-order valence-electron chi connectivity index (χ0n) is 14.5. The van der Waals surface area contributed by atoms with Crippen LogP contribution in [0.15, 0.2) is 48.5 Å². The average molecular weight is 328 g/mol. The van der Waals surface area contributed by atoms with Crippen molar-refractivity contribution in [3.05, 3.63) is 59.7 Å². The molecule has 0 aliphatic heterocycles. The molecule has 0 N–H and O–H groups in total. The van der Waals surface area contributed by atoms with E-state index < -0.39 is 0 Å². The Kier molecular flexibility index (Phi) is 6.67. The van der Waals surface area contributed by atoms with E-state index in [-0.39, 0.29) is 5.97 Å². The Morgan fingerprint density at radius 3 is 1.83 bits per heavy atom. The van der Waals surface area contributed by atoms with Crippen LogP contribution in [0.4, 0.5) is 0 Å². The Labute approximate surface area is 143 Å². The Hall–Kier alpha value is -2.49. The fourth-order valence-electron chi connectivity index (χ4n) is 2.19. The van der Waals surface area contributed by atoms with E-state index in [1.165, 1.54) is 12.7 Å². The first-order chi connectivity index (χ1) is 11.6. The molecule has 0 aliphatic rings. The van der Waals surface area contributed by atoms with E-state index in [2.05, 4.69) is 30.7 Å². The second-order valence-electron chi connectivity index (χ2n) is 5.79. The van der Waals surface area contributed by atoms with E-state index in [4.69, 9.17) is 9.47 Å². The molecule has 0 aromatic heterocycles. The van der Waals surface area contributed by atoms with Gasteiger partial charge in [0.15, 0.2) is 0 Å². The molecular weight excluding hydrogens is 304 g/mol. The second-order valence-corrected chi connectivity index (χ2v) is 5.79. The lowest BCUT2D eigenvalue weighted by Gasteiger charge is -2.10. The minimum Gasteiger partial charge on any atom is -0.493 e. The summed E-state index contributed by atoms with van der Waals surface area (Å²) < 4.78 is 16.0. The fraction of sp³-hybridized carbons (Fsp3) is 0.350. The van der Waals surface area contributed by atoms with Crippen LogP contribution in [-0.2, 0) is 4.74 Å². The van der Waals surface area contributed by atoms with Crippen LogP contribution in [0.1, 0.15) is 42.1 Å². The van der Waals surface area contributed by atoms with Crippen molar-refractivity contribution in [3.8, 4) is 11.5 Å². The molecule has 0 spiro atoms. The zero-order chi connectivity index (χ0) is 17.4. The molecule has 0 bridgehead atoms. The third kappa shape index (κ3) is 5.30. The van der Waals surface area contributed by atoms with Gasteiger partial charge in [0.2, 0.25) is 0 Å². The lowest BCUT2D eigenvalue weighted by molar-refractivity contribution is 0.0600. The highest BCUT2D eigenvalue weighted by molar-refractivity contribution is 5.89. The molecule has 24 heavy (non-hydrogen) atoms. The first kappa shape index (κ1) is 17.9. The summed E-state index contributed by atoms with van der Waals surface area (Å²) in [6.07, 6.45) is 0.782. The van der Waals surface area contributed by atoms with Crippen LogP contribution in [0.25, 0.3) is 0 Å². The Morgan fingerprint density at radius 2 is 1.38 bits per heavy atom. The van der Waals surface area contributed by atoms with Crippen molar-refractivity contribution in [1.82, 2.24) is 0 Å². The minimum atomic E-state index is -0.349. The highest BCUT2D eigenvalue weighted by atomic mass is 16.5. The van der Waals surface area contributed by atoms with Crippen molar-refractivity contribution in [2.45, 2.75) is 26.2 Å². The van der Waals surface area contributed by atoms with Crippen molar-refractivity contribution in [2.75, 3.05) is 20.3 Å². The third-order valence-corrected chi connectivity index (χ3v) is 3.65. The van der Waals surface area contributed by atoms with Crippen LogP contribution < -0.4 is 9.47 Å². The molecule has 0 saturated carbocycles. The first-order valence-electron chi connectivity index (χ1n) is 8.14. The molecule has 0 atom stereocenters. The molecule has 0 fully saturated rings. The fourth-order valence-corrected chi connectivity index (χ4v) is 2.19. The van der Waals surface area contributed by atoms with Gasteiger partial charge in [-0.25, -0.2) is 4.79 Å². The molecular formula is C20H24O4. The normalized spacial score (nSPS) is 10.5. The number of carbonyl (C=O) groups excluding carboxylic acids is 1. The molecule has 2 aromatic carbocycles. The molecule has 0 heterocycles. The van der Waals surface area contributed by atoms with Gasteiger partial charge < -0.3 is 14.2 Å². The van der Waals surface area contributed by atoms with Gasteiger partial charge >= 0.3 is 5.97 Å². The summed E-state index contributed by atoms with van der Waals surface area (Å²) in [5, 5.41) is 0. The molecule has 4 heteroatoms. The van der Waals surface area contributed by atoms with E-state index in [9.17, 15) is 4.79 Å². The molecule has 4 nitrogen and oxygen atoms in total. The number of hydrogen-bond donors (Lipinski definition) is 0. The Morgan fingerprint density at radius 1 is 0.875 bits per heavy atom. The maximum Gasteiger partial charge on any atom is 0.337 e. The van der Waals surface area contributed by atoms with Crippen molar-refractivity contribution >= 4 is 5.97 Å². The standard InChI is InChI=1S/C20H24O4/c1-15(2)16-5-9-18(10-6-16)23-13-4-14-24-19-11-7-17(8-12-19)20(21)22-3/h5-12,15H,4,13-14H2,1-3H3. The van der Waals surface area contributed by atoms with Gasteiger partial charge in [-0.1, -0.05) is 26.0 Å². The summed E-state index contributed by atoms with van der Waals surface area (Å²) in [5.41, 5.74) is 1.82. The molecule has 2 rings (SSSR count). The predicted molar refractivity (Wildman–Crippen MR) is 93.9 cm³/mol. The number of rotatable bonds is 8. The van der Waals surface area contributed by atoms with Crippen molar-refractivity contribution in [2.24, 2.45) is 0 Å². The van der Waals surface area contributed by atoms with E-state index >= 15 is 0 Å². The van der Waals surface area contributed by atoms with E-state index in [0.717, 1.165) is 17.9 Å². The Bertz CT molecular complexity index is 630. The van der Waals surface area contributed by atoms with Gasteiger partial charge in [0.05, 0.1) is 25.9 Å². The maximum absolute atomic E-state index is 11.3. The van der Waals surface area contributed by atoms with Gasteiger partial charge in [0, 0.05) is 6.42 Å². The van der Waals surface area contributed by atoms with E-state index in [0.29, 0.717) is 24.7 Å². The van der Waals surface area contributed by atoms with Crippen molar-refractivity contribution < 1.29 is 19.0 Å². The van der Waals surface area contributed by atoms with Crippen LogP contribution >= 0.6 is 0 Å². The van der Waals surface area contributed by atoms with Gasteiger partial charge in [0.25, 0.3) is 0 Å². The first-order valence-corrected chi connectivity index (χ1v) is 8.14. The highest BCUT2D eigenvalue weighted by Gasteiger charge is 2.04. The third-order valence-electron chi connectivity index (χ3n) is 3.65. The summed E-state index contributed by atoms with van der Waals surface area (Å²) in [7, 11) is 1.36. The van der Waals surface area contributed by atoms with Crippen molar-refractivity contribution in [3.63, 3.8) is 0 Å². The minimum absolute atomic E-state index is 0.349. The molecule has 0 aliphatic carbocycles. The highest BCUT2D eigenvalue weighted by Crippen LogP contribution is 2.18. The molecule has 2 aromatic rings. The van der Waals surface area contributed by atoms with Crippen molar-refractivity contribution in [1.29, 1.82) is 0 Å². The second kappa shape index (κ2) is 8.96. The molecule has 0 saturated heterocycles. The van der Waals surface area contributed by atoms with E-state index in [1.54, 1.807) is 24.3 Å². The van der Waals surface area contributed by atoms with Crippen LogP contribution in [0.3, 0.4) is 0 Å².